The molecule has 8 heteroatoms. The van der Waals surface area contributed by atoms with Gasteiger partial charge in [0.1, 0.15) is 0 Å². The molecule has 0 unspecified atom stereocenters. The number of likely N-dealkylation sites (tertiary alicyclic amines) is 2. The minimum Gasteiger partial charge on any atom is -0.493 e. The summed E-state index contributed by atoms with van der Waals surface area (Å²) in [5.41, 5.74) is 0.380. The van der Waals surface area contributed by atoms with Crippen molar-refractivity contribution in [1.29, 1.82) is 0 Å². The van der Waals surface area contributed by atoms with Crippen LogP contribution in [0.3, 0.4) is 0 Å². The monoisotopic (exact) mass is 448 g/mol. The highest BCUT2D eigenvalue weighted by Crippen LogP contribution is 2.35. The van der Waals surface area contributed by atoms with Crippen LogP contribution in [0.15, 0.2) is 42.5 Å². The maximum Gasteiger partial charge on any atom is 0.416 e. The van der Waals surface area contributed by atoms with Gasteiger partial charge in [-0.05, 0) is 61.2 Å². The summed E-state index contributed by atoms with van der Waals surface area (Å²) >= 11 is 0. The Morgan fingerprint density at radius 1 is 1.06 bits per heavy atom. The van der Waals surface area contributed by atoms with Crippen molar-refractivity contribution in [2.45, 2.75) is 31.6 Å². The molecule has 0 bridgehead atoms. The van der Waals surface area contributed by atoms with Crippen LogP contribution in [0.4, 0.5) is 13.2 Å². The molecule has 2 heterocycles. The van der Waals surface area contributed by atoms with Gasteiger partial charge in [-0.1, -0.05) is 12.1 Å². The van der Waals surface area contributed by atoms with E-state index in [1.54, 1.807) is 19.1 Å². The van der Waals surface area contributed by atoms with Gasteiger partial charge in [-0.25, -0.2) is 0 Å². The quantitative estimate of drug-likeness (QED) is 0.678. The predicted octanol–water partition coefficient (Wildman–Crippen LogP) is 4.46. The molecule has 172 valence electrons. The molecular weight excluding hydrogens is 421 g/mol. The van der Waals surface area contributed by atoms with Crippen LogP contribution in [0.5, 0.6) is 11.5 Å². The summed E-state index contributed by atoms with van der Waals surface area (Å²) in [6.45, 7) is 2.73. The molecule has 2 fully saturated rings. The standard InChI is InChI=1S/C24H27F3N2O3/c1-31-21-9-8-16(11-22(21)32-2)13-28-10-4-6-18-14-29(15-20(18)28)23(30)17-5-3-7-19(12-17)24(25,26)27/h3,5,7-9,11-12,18,20H,4,6,10,13-15H2,1-2H3/t18-,20+/m1/s1. The second-order valence-electron chi connectivity index (χ2n) is 8.42. The number of halogens is 3. The Morgan fingerprint density at radius 2 is 1.84 bits per heavy atom. The van der Waals surface area contributed by atoms with E-state index in [1.165, 1.54) is 12.1 Å². The Bertz CT molecular complexity index is 979. The number of rotatable bonds is 5. The molecule has 0 saturated carbocycles. The first-order valence-electron chi connectivity index (χ1n) is 10.7. The summed E-state index contributed by atoms with van der Waals surface area (Å²) < 4.78 is 49.9. The van der Waals surface area contributed by atoms with Crippen LogP contribution in [0.25, 0.3) is 0 Å². The molecule has 1 amide bonds. The van der Waals surface area contributed by atoms with Gasteiger partial charge in [0.05, 0.1) is 19.8 Å². The van der Waals surface area contributed by atoms with E-state index in [4.69, 9.17) is 9.47 Å². The number of hydrogen-bond donors (Lipinski definition) is 0. The van der Waals surface area contributed by atoms with Crippen LogP contribution in [-0.2, 0) is 12.7 Å². The van der Waals surface area contributed by atoms with Gasteiger partial charge in [-0.2, -0.15) is 13.2 Å². The van der Waals surface area contributed by atoms with Gasteiger partial charge in [0.25, 0.3) is 5.91 Å². The third-order valence-corrected chi connectivity index (χ3v) is 6.45. The zero-order valence-electron chi connectivity index (χ0n) is 18.2. The number of nitrogens with zero attached hydrogens (tertiary/aromatic N) is 2. The fourth-order valence-electron chi connectivity index (χ4n) is 4.86. The zero-order chi connectivity index (χ0) is 22.9. The van der Waals surface area contributed by atoms with Crippen molar-refractivity contribution in [3.05, 3.63) is 59.2 Å². The lowest BCUT2D eigenvalue weighted by Crippen LogP contribution is -2.44. The molecule has 4 rings (SSSR count). The van der Waals surface area contributed by atoms with Crippen molar-refractivity contribution in [2.75, 3.05) is 33.9 Å². The molecule has 0 spiro atoms. The van der Waals surface area contributed by atoms with Gasteiger partial charge in [0.2, 0.25) is 0 Å². The van der Waals surface area contributed by atoms with Crippen LogP contribution >= 0.6 is 0 Å². The lowest BCUT2D eigenvalue weighted by atomic mass is 9.91. The molecule has 2 saturated heterocycles. The smallest absolute Gasteiger partial charge is 0.416 e. The fraction of sp³-hybridized carbons (Fsp3) is 0.458. The number of amides is 1. The fourth-order valence-corrected chi connectivity index (χ4v) is 4.86. The number of fused-ring (bicyclic) bond motifs is 1. The normalized spacial score (nSPS) is 21.3. The van der Waals surface area contributed by atoms with Crippen molar-refractivity contribution >= 4 is 5.91 Å². The second kappa shape index (κ2) is 9.02. The first kappa shape index (κ1) is 22.5. The van der Waals surface area contributed by atoms with E-state index in [2.05, 4.69) is 4.90 Å². The Labute approximate surface area is 185 Å². The third kappa shape index (κ3) is 4.55. The van der Waals surface area contributed by atoms with E-state index in [9.17, 15) is 18.0 Å². The highest BCUT2D eigenvalue weighted by atomic mass is 19.4. The Hall–Kier alpha value is -2.74. The number of piperidine rings is 1. The number of carbonyl (C=O) groups is 1. The summed E-state index contributed by atoms with van der Waals surface area (Å²) in [6, 6.07) is 10.7. The largest absolute Gasteiger partial charge is 0.493 e. The zero-order valence-corrected chi connectivity index (χ0v) is 18.2. The van der Waals surface area contributed by atoms with Crippen molar-refractivity contribution < 1.29 is 27.4 Å². The van der Waals surface area contributed by atoms with Gasteiger partial charge >= 0.3 is 6.18 Å². The van der Waals surface area contributed by atoms with Crippen molar-refractivity contribution in [2.24, 2.45) is 5.92 Å². The number of methoxy groups -OCH3 is 2. The molecule has 2 aliphatic rings. The summed E-state index contributed by atoms with van der Waals surface area (Å²) in [7, 11) is 3.20. The van der Waals surface area contributed by atoms with Crippen molar-refractivity contribution in [3.63, 3.8) is 0 Å². The molecule has 0 aromatic heterocycles. The van der Waals surface area contributed by atoms with Crippen LogP contribution in [0, 0.1) is 5.92 Å². The summed E-state index contributed by atoms with van der Waals surface area (Å²) in [6.07, 6.45) is -2.43. The maximum absolute atomic E-state index is 13.1. The molecule has 0 radical (unpaired) electrons. The van der Waals surface area contributed by atoms with E-state index >= 15 is 0 Å². The molecule has 2 aliphatic heterocycles. The van der Waals surface area contributed by atoms with E-state index in [0.29, 0.717) is 37.1 Å². The molecule has 2 atom stereocenters. The molecule has 32 heavy (non-hydrogen) atoms. The number of ether oxygens (including phenoxy) is 2. The van der Waals surface area contributed by atoms with Gasteiger partial charge < -0.3 is 14.4 Å². The number of alkyl halides is 3. The predicted molar refractivity (Wildman–Crippen MR) is 114 cm³/mol. The van der Waals surface area contributed by atoms with Crippen LogP contribution in [-0.4, -0.2) is 55.6 Å². The lowest BCUT2D eigenvalue weighted by Gasteiger charge is -2.36. The molecule has 0 N–H and O–H groups in total. The van der Waals surface area contributed by atoms with E-state index < -0.39 is 11.7 Å². The number of hydrogen-bond acceptors (Lipinski definition) is 4. The minimum atomic E-state index is -4.47. The SMILES string of the molecule is COc1ccc(CN2CCC[C@@H]3CN(C(=O)c4cccc(C(F)(F)F)c4)C[C@@H]32)cc1OC. The van der Waals surface area contributed by atoms with E-state index in [1.807, 2.05) is 18.2 Å². The van der Waals surface area contributed by atoms with E-state index in [0.717, 1.165) is 37.1 Å². The van der Waals surface area contributed by atoms with Gasteiger partial charge in [-0.3, -0.25) is 9.69 Å². The number of carbonyl (C=O) groups excluding carboxylic acids is 1. The average molecular weight is 448 g/mol. The molecule has 2 aromatic rings. The Balaban J connectivity index is 1.48. The first-order valence-corrected chi connectivity index (χ1v) is 10.7. The highest BCUT2D eigenvalue weighted by molar-refractivity contribution is 5.94. The van der Waals surface area contributed by atoms with Crippen molar-refractivity contribution in [3.8, 4) is 11.5 Å². The Kier molecular flexibility index (Phi) is 6.33. The van der Waals surface area contributed by atoms with Gasteiger partial charge in [-0.15, -0.1) is 0 Å². The molecular formula is C24H27F3N2O3. The van der Waals surface area contributed by atoms with Crippen molar-refractivity contribution in [1.82, 2.24) is 9.80 Å². The van der Waals surface area contributed by atoms with E-state index in [-0.39, 0.29) is 17.5 Å². The Morgan fingerprint density at radius 3 is 2.56 bits per heavy atom. The van der Waals surface area contributed by atoms with Crippen LogP contribution in [0.1, 0.15) is 34.3 Å². The molecule has 2 aromatic carbocycles. The van der Waals surface area contributed by atoms with Gasteiger partial charge in [0, 0.05) is 31.2 Å². The first-order chi connectivity index (χ1) is 15.3. The third-order valence-electron chi connectivity index (χ3n) is 6.45. The molecule has 0 aliphatic carbocycles. The summed E-state index contributed by atoms with van der Waals surface area (Å²) in [4.78, 5) is 17.1. The topological polar surface area (TPSA) is 42.0 Å². The minimum absolute atomic E-state index is 0.0879. The average Bonchev–Trinajstić information content (AvgIpc) is 3.23. The summed E-state index contributed by atoms with van der Waals surface area (Å²) in [5, 5.41) is 0. The lowest BCUT2D eigenvalue weighted by molar-refractivity contribution is -0.137. The van der Waals surface area contributed by atoms with Crippen LogP contribution in [0.2, 0.25) is 0 Å². The summed E-state index contributed by atoms with van der Waals surface area (Å²) in [5.74, 6) is 1.33. The second-order valence-corrected chi connectivity index (χ2v) is 8.42. The maximum atomic E-state index is 13.1. The molecule has 5 nitrogen and oxygen atoms in total. The van der Waals surface area contributed by atoms with Gasteiger partial charge in [0.15, 0.2) is 11.5 Å². The highest BCUT2D eigenvalue weighted by Gasteiger charge is 2.41. The number of benzene rings is 2. The van der Waals surface area contributed by atoms with Crippen LogP contribution < -0.4 is 9.47 Å².